The summed E-state index contributed by atoms with van der Waals surface area (Å²) in [6.45, 7) is 1.05. The number of hydrogen-bond donors (Lipinski definition) is 1. The maximum atomic E-state index is 4.53. The van der Waals surface area contributed by atoms with Crippen LogP contribution in [0, 0.1) is 0 Å². The zero-order valence-corrected chi connectivity index (χ0v) is 9.95. The molecule has 0 fully saturated rings. The minimum Gasteiger partial charge on any atom is -0.319 e. The molecule has 1 aromatic heterocycles. The van der Waals surface area contributed by atoms with E-state index < -0.39 is 0 Å². The van der Waals surface area contributed by atoms with Crippen molar-refractivity contribution in [3.05, 3.63) is 41.7 Å². The van der Waals surface area contributed by atoms with E-state index in [0.29, 0.717) is 5.92 Å². The normalized spacial score (nSPS) is 19.9. The summed E-state index contributed by atoms with van der Waals surface area (Å²) in [7, 11) is 1.99. The highest BCUT2D eigenvalue weighted by Crippen LogP contribution is 2.30. The molecule has 2 nitrogen and oxygen atoms in total. The molecule has 0 radical (unpaired) electrons. The highest BCUT2D eigenvalue weighted by molar-refractivity contribution is 5.29. The molecule has 1 aromatic rings. The number of hydrogen-bond acceptors (Lipinski definition) is 2. The lowest BCUT2D eigenvalue weighted by Crippen LogP contribution is -2.10. The fourth-order valence-electron chi connectivity index (χ4n) is 2.32. The van der Waals surface area contributed by atoms with Crippen LogP contribution in [0.4, 0.5) is 0 Å². The van der Waals surface area contributed by atoms with E-state index in [1.807, 2.05) is 19.3 Å². The Morgan fingerprint density at radius 3 is 3.38 bits per heavy atom. The number of aryl methyl sites for hydroxylation is 1. The largest absolute Gasteiger partial charge is 0.319 e. The fourth-order valence-corrected chi connectivity index (χ4v) is 2.32. The molecule has 2 rings (SSSR count). The van der Waals surface area contributed by atoms with E-state index in [-0.39, 0.29) is 0 Å². The van der Waals surface area contributed by atoms with Gasteiger partial charge in [-0.3, -0.25) is 4.98 Å². The van der Waals surface area contributed by atoms with E-state index in [2.05, 4.69) is 28.5 Å². The first-order valence-electron chi connectivity index (χ1n) is 6.17. The van der Waals surface area contributed by atoms with Gasteiger partial charge in [0, 0.05) is 12.1 Å². The van der Waals surface area contributed by atoms with Gasteiger partial charge in [0.05, 0.1) is 5.69 Å². The lowest BCUT2D eigenvalue weighted by molar-refractivity contribution is 0.610. The molecule has 0 saturated heterocycles. The number of pyridine rings is 1. The third kappa shape index (κ3) is 2.70. The molecular weight excluding hydrogens is 196 g/mol. The van der Waals surface area contributed by atoms with Gasteiger partial charge in [-0.15, -0.1) is 0 Å². The van der Waals surface area contributed by atoms with E-state index in [1.54, 1.807) is 0 Å². The fraction of sp³-hybridized carbons (Fsp3) is 0.500. The van der Waals surface area contributed by atoms with Crippen molar-refractivity contribution in [1.82, 2.24) is 10.3 Å². The number of rotatable bonds is 4. The number of nitrogens with one attached hydrogen (secondary N) is 1. The predicted octanol–water partition coefficient (Wildman–Crippen LogP) is 2.67. The number of aromatic nitrogens is 1. The standard InChI is InChI=1S/C14H20N2/c1-15-10-3-2-6-12-7-4-8-13-9-5-11-16-14(12)13/h2,5-6,9,11-12,15H,3-4,7-8,10H2,1H3. The molecule has 0 saturated carbocycles. The number of fused-ring (bicyclic) bond motifs is 1. The average Bonchev–Trinajstić information content (AvgIpc) is 2.35. The van der Waals surface area contributed by atoms with Crippen LogP contribution < -0.4 is 5.32 Å². The Kier molecular flexibility index (Phi) is 4.11. The Morgan fingerprint density at radius 1 is 1.56 bits per heavy atom. The number of allylic oxidation sites excluding steroid dienone is 1. The zero-order valence-electron chi connectivity index (χ0n) is 9.95. The molecule has 2 heteroatoms. The van der Waals surface area contributed by atoms with Crippen molar-refractivity contribution in [1.29, 1.82) is 0 Å². The first-order chi connectivity index (χ1) is 7.92. The summed E-state index contributed by atoms with van der Waals surface area (Å²) >= 11 is 0. The second-order valence-corrected chi connectivity index (χ2v) is 4.37. The first kappa shape index (κ1) is 11.3. The van der Waals surface area contributed by atoms with Crippen molar-refractivity contribution in [2.45, 2.75) is 31.6 Å². The molecule has 1 atom stereocenters. The highest BCUT2D eigenvalue weighted by atomic mass is 14.8. The van der Waals surface area contributed by atoms with Gasteiger partial charge in [-0.1, -0.05) is 18.2 Å². The zero-order chi connectivity index (χ0) is 11.2. The van der Waals surface area contributed by atoms with Gasteiger partial charge >= 0.3 is 0 Å². The predicted molar refractivity (Wildman–Crippen MR) is 67.6 cm³/mol. The maximum Gasteiger partial charge on any atom is 0.0504 e. The summed E-state index contributed by atoms with van der Waals surface area (Å²) in [6, 6.07) is 4.27. The Hall–Kier alpha value is -1.15. The van der Waals surface area contributed by atoms with Crippen LogP contribution in [-0.4, -0.2) is 18.6 Å². The topological polar surface area (TPSA) is 24.9 Å². The number of nitrogens with zero attached hydrogens (tertiary/aromatic N) is 1. The Labute approximate surface area is 97.8 Å². The summed E-state index contributed by atoms with van der Waals surface area (Å²) in [6.07, 6.45) is 11.4. The molecule has 1 aliphatic carbocycles. The van der Waals surface area contributed by atoms with Gasteiger partial charge in [-0.05, 0) is 50.9 Å². The highest BCUT2D eigenvalue weighted by Gasteiger charge is 2.18. The molecule has 86 valence electrons. The summed E-state index contributed by atoms with van der Waals surface area (Å²) in [4.78, 5) is 4.53. The van der Waals surface area contributed by atoms with Crippen molar-refractivity contribution in [3.63, 3.8) is 0 Å². The molecule has 1 heterocycles. The van der Waals surface area contributed by atoms with Gasteiger partial charge in [-0.25, -0.2) is 0 Å². The van der Waals surface area contributed by atoms with Crippen LogP contribution >= 0.6 is 0 Å². The smallest absolute Gasteiger partial charge is 0.0504 e. The van der Waals surface area contributed by atoms with Gasteiger partial charge < -0.3 is 5.32 Å². The van der Waals surface area contributed by atoms with Crippen molar-refractivity contribution < 1.29 is 0 Å². The third-order valence-corrected chi connectivity index (χ3v) is 3.17. The van der Waals surface area contributed by atoms with Crippen LogP contribution in [0.25, 0.3) is 0 Å². The van der Waals surface area contributed by atoms with Crippen LogP contribution in [0.2, 0.25) is 0 Å². The molecule has 0 aromatic carbocycles. The van der Waals surface area contributed by atoms with Gasteiger partial charge in [-0.2, -0.15) is 0 Å². The second kappa shape index (κ2) is 5.80. The summed E-state index contributed by atoms with van der Waals surface area (Å²) < 4.78 is 0. The van der Waals surface area contributed by atoms with Crippen molar-refractivity contribution in [3.8, 4) is 0 Å². The van der Waals surface area contributed by atoms with E-state index in [0.717, 1.165) is 13.0 Å². The quantitative estimate of drug-likeness (QED) is 0.618. The summed E-state index contributed by atoms with van der Waals surface area (Å²) in [5.41, 5.74) is 2.74. The molecule has 16 heavy (non-hydrogen) atoms. The van der Waals surface area contributed by atoms with Gasteiger partial charge in [0.1, 0.15) is 0 Å². The maximum absolute atomic E-state index is 4.53. The Balaban J connectivity index is 2.04. The summed E-state index contributed by atoms with van der Waals surface area (Å²) in [5.74, 6) is 0.543. The van der Waals surface area contributed by atoms with E-state index in [1.165, 1.54) is 30.5 Å². The molecule has 0 bridgehead atoms. The van der Waals surface area contributed by atoms with Crippen LogP contribution in [0.1, 0.15) is 36.4 Å². The monoisotopic (exact) mass is 216 g/mol. The second-order valence-electron chi connectivity index (χ2n) is 4.37. The van der Waals surface area contributed by atoms with E-state index in [9.17, 15) is 0 Å². The lowest BCUT2D eigenvalue weighted by atomic mass is 9.86. The van der Waals surface area contributed by atoms with Gasteiger partial charge in [0.15, 0.2) is 0 Å². The van der Waals surface area contributed by atoms with E-state index >= 15 is 0 Å². The lowest BCUT2D eigenvalue weighted by Gasteiger charge is -2.21. The average molecular weight is 216 g/mol. The van der Waals surface area contributed by atoms with Crippen LogP contribution in [0.3, 0.4) is 0 Å². The molecule has 1 N–H and O–H groups in total. The Bertz CT molecular complexity index is 358. The van der Waals surface area contributed by atoms with Crippen molar-refractivity contribution in [2.24, 2.45) is 0 Å². The van der Waals surface area contributed by atoms with Gasteiger partial charge in [0.2, 0.25) is 0 Å². The molecule has 0 amide bonds. The van der Waals surface area contributed by atoms with Crippen molar-refractivity contribution >= 4 is 0 Å². The van der Waals surface area contributed by atoms with Crippen LogP contribution in [0.5, 0.6) is 0 Å². The van der Waals surface area contributed by atoms with E-state index in [4.69, 9.17) is 0 Å². The van der Waals surface area contributed by atoms with Crippen molar-refractivity contribution in [2.75, 3.05) is 13.6 Å². The molecular formula is C14H20N2. The van der Waals surface area contributed by atoms with Gasteiger partial charge in [0.25, 0.3) is 0 Å². The Morgan fingerprint density at radius 2 is 2.50 bits per heavy atom. The third-order valence-electron chi connectivity index (χ3n) is 3.17. The van der Waals surface area contributed by atoms with Crippen LogP contribution in [-0.2, 0) is 6.42 Å². The molecule has 1 aliphatic rings. The molecule has 0 spiro atoms. The minimum atomic E-state index is 0.543. The molecule has 1 unspecified atom stereocenters. The summed E-state index contributed by atoms with van der Waals surface area (Å²) in [5, 5.41) is 3.16. The minimum absolute atomic E-state index is 0.543. The molecule has 0 aliphatic heterocycles. The SMILES string of the molecule is CNCCC=CC1CCCc2cccnc21. The first-order valence-corrected chi connectivity index (χ1v) is 6.17. The van der Waals surface area contributed by atoms with Crippen LogP contribution in [0.15, 0.2) is 30.5 Å².